The Morgan fingerprint density at radius 1 is 0.537 bits per heavy atom. The number of esters is 2. The second-order valence-electron chi connectivity index (χ2n) is 9.92. The van der Waals surface area contributed by atoms with Crippen LogP contribution in [0, 0.1) is 0 Å². The molecule has 0 saturated heterocycles. The summed E-state index contributed by atoms with van der Waals surface area (Å²) in [5, 5.41) is 0. The molecule has 236 valence electrons. The molecule has 0 N–H and O–H groups in total. The Morgan fingerprint density at radius 2 is 0.805 bits per heavy atom. The largest absolute Gasteiger partial charge is 0.459 e. The molecule has 0 aliphatic carbocycles. The van der Waals surface area contributed by atoms with E-state index in [0.29, 0.717) is 0 Å². The predicted octanol–water partition coefficient (Wildman–Crippen LogP) is 5.38. The van der Waals surface area contributed by atoms with Gasteiger partial charge in [0.15, 0.2) is 5.82 Å². The molecule has 1 aromatic heterocycles. The fourth-order valence-corrected chi connectivity index (χ4v) is 2.46. The summed E-state index contributed by atoms with van der Waals surface area (Å²) in [6.07, 6.45) is -34.7. The van der Waals surface area contributed by atoms with Gasteiger partial charge in [-0.25, -0.2) is 0 Å². The quantitative estimate of drug-likeness (QED) is 0.224. The summed E-state index contributed by atoms with van der Waals surface area (Å²) in [5.74, 6) is -7.77. The van der Waals surface area contributed by atoms with Gasteiger partial charge in [-0.2, -0.15) is 62.7 Å². The van der Waals surface area contributed by atoms with Crippen molar-refractivity contribution in [1.82, 2.24) is 15.0 Å². The van der Waals surface area contributed by atoms with E-state index in [9.17, 15) is 62.3 Å². The van der Waals surface area contributed by atoms with Crippen molar-refractivity contribution in [2.45, 2.75) is 95.6 Å². The summed E-state index contributed by atoms with van der Waals surface area (Å²) >= 11 is 0. The molecule has 0 aliphatic heterocycles. The number of hydrogen-bond acceptors (Lipinski definition) is 9. The van der Waals surface area contributed by atoms with E-state index in [1.807, 2.05) is 0 Å². The molecule has 0 unspecified atom stereocenters. The molecule has 0 bridgehead atoms. The third-order valence-electron chi connectivity index (χ3n) is 3.79. The number of halogens is 12. The summed E-state index contributed by atoms with van der Waals surface area (Å²) in [7, 11) is 0. The van der Waals surface area contributed by atoms with Gasteiger partial charge in [0, 0.05) is 0 Å². The lowest BCUT2D eigenvalue weighted by Crippen LogP contribution is -2.47. The van der Waals surface area contributed by atoms with Crippen molar-refractivity contribution in [3.05, 3.63) is 5.82 Å². The number of alkyl halides is 12. The van der Waals surface area contributed by atoms with Crippen LogP contribution < -0.4 is 9.47 Å². The number of carbonyl (C=O) groups is 2. The second-order valence-corrected chi connectivity index (χ2v) is 9.92. The van der Waals surface area contributed by atoms with Gasteiger partial charge in [0.1, 0.15) is 11.2 Å². The number of aromatic nitrogens is 3. The van der Waals surface area contributed by atoms with Crippen molar-refractivity contribution in [1.29, 1.82) is 0 Å². The monoisotopic (exact) mass is 627 g/mol. The van der Waals surface area contributed by atoms with Gasteiger partial charge >= 0.3 is 48.7 Å². The highest BCUT2D eigenvalue weighted by molar-refractivity contribution is 6.00. The van der Waals surface area contributed by atoms with Crippen LogP contribution in [0.3, 0.4) is 0 Å². The van der Waals surface area contributed by atoms with Crippen LogP contribution in [0.25, 0.3) is 0 Å². The van der Waals surface area contributed by atoms with E-state index in [4.69, 9.17) is 9.47 Å². The average molecular weight is 627 g/mol. The first-order chi connectivity index (χ1) is 17.9. The summed E-state index contributed by atoms with van der Waals surface area (Å²) in [6.45, 7) is 7.35. The fourth-order valence-electron chi connectivity index (χ4n) is 2.46. The zero-order valence-corrected chi connectivity index (χ0v) is 21.6. The Morgan fingerprint density at radius 3 is 1.02 bits per heavy atom. The third-order valence-corrected chi connectivity index (χ3v) is 3.79. The van der Waals surface area contributed by atoms with E-state index in [2.05, 4.69) is 24.4 Å². The van der Waals surface area contributed by atoms with Crippen LogP contribution in [0.1, 0.15) is 53.3 Å². The van der Waals surface area contributed by atoms with Crippen molar-refractivity contribution in [2.24, 2.45) is 0 Å². The fraction of sp³-hybridized carbons (Fsp3) is 0.750. The summed E-state index contributed by atoms with van der Waals surface area (Å²) < 4.78 is 173. The predicted molar refractivity (Wildman–Crippen MR) is 107 cm³/mol. The smallest absolute Gasteiger partial charge is 0.434 e. The maximum Gasteiger partial charge on any atom is 0.434 e. The van der Waals surface area contributed by atoms with Crippen LogP contribution in [0.4, 0.5) is 52.7 Å². The van der Waals surface area contributed by atoms with Crippen LogP contribution in [-0.2, 0) is 19.1 Å². The summed E-state index contributed by atoms with van der Waals surface area (Å²) in [4.78, 5) is 34.0. The number of rotatable bonds is 7. The normalized spacial score (nSPS) is 14.0. The van der Waals surface area contributed by atoms with Gasteiger partial charge in [-0.05, 0) is 41.5 Å². The van der Waals surface area contributed by atoms with E-state index in [1.165, 1.54) is 41.5 Å². The van der Waals surface area contributed by atoms with Gasteiger partial charge in [0.25, 0.3) is 12.2 Å². The molecule has 0 radical (unpaired) electrons. The lowest BCUT2D eigenvalue weighted by atomic mass is 10.1. The Labute approximate surface area is 222 Å². The van der Waals surface area contributed by atoms with Gasteiger partial charge in [-0.15, -0.1) is 4.98 Å². The maximum atomic E-state index is 13.0. The molecule has 0 spiro atoms. The number of carbonyl (C=O) groups excluding carboxylic acids is 2. The van der Waals surface area contributed by atoms with E-state index < -0.39 is 83.8 Å². The van der Waals surface area contributed by atoms with E-state index in [-0.39, 0.29) is 0 Å². The first-order valence-corrected chi connectivity index (χ1v) is 10.7. The molecule has 0 fully saturated rings. The van der Waals surface area contributed by atoms with Gasteiger partial charge < -0.3 is 18.9 Å². The lowest BCUT2D eigenvalue weighted by Gasteiger charge is -2.27. The SMILES string of the molecule is CC(C)(C)OC(=O)C(C(=O)OC(C)(C)C)c1nc(OC(C(F)(F)F)C(F)(F)F)nc(OC(C(F)(F)F)C(F)(F)F)n1. The molecule has 0 atom stereocenters. The highest BCUT2D eigenvalue weighted by atomic mass is 19.4. The molecule has 1 aromatic rings. The molecule has 0 amide bonds. The zero-order chi connectivity index (χ0) is 32.6. The van der Waals surface area contributed by atoms with Crippen molar-refractivity contribution in [2.75, 3.05) is 0 Å². The lowest BCUT2D eigenvalue weighted by molar-refractivity contribution is -0.302. The number of nitrogens with zero attached hydrogens (tertiary/aromatic N) is 3. The zero-order valence-electron chi connectivity index (χ0n) is 21.6. The van der Waals surface area contributed by atoms with E-state index in [0.717, 1.165) is 0 Å². The molecule has 41 heavy (non-hydrogen) atoms. The molecule has 0 saturated carbocycles. The van der Waals surface area contributed by atoms with Crippen molar-refractivity contribution in [3.8, 4) is 12.0 Å². The first-order valence-electron chi connectivity index (χ1n) is 10.7. The number of ether oxygens (including phenoxy) is 4. The van der Waals surface area contributed by atoms with Crippen LogP contribution in [0.5, 0.6) is 12.0 Å². The van der Waals surface area contributed by atoms with Gasteiger partial charge in [-0.1, -0.05) is 0 Å². The number of hydrogen-bond donors (Lipinski definition) is 0. The Balaban J connectivity index is 3.95. The van der Waals surface area contributed by atoms with Crippen molar-refractivity contribution < 1.29 is 81.2 Å². The van der Waals surface area contributed by atoms with Gasteiger partial charge in [0.2, 0.25) is 5.92 Å². The third kappa shape index (κ3) is 11.2. The minimum absolute atomic E-state index is 1.22. The van der Waals surface area contributed by atoms with Crippen LogP contribution in [-0.4, -0.2) is 75.0 Å². The second kappa shape index (κ2) is 11.5. The topological polar surface area (TPSA) is 110 Å². The molecule has 1 rings (SSSR count). The van der Waals surface area contributed by atoms with Crippen LogP contribution >= 0.6 is 0 Å². The van der Waals surface area contributed by atoms with Gasteiger partial charge in [0.05, 0.1) is 0 Å². The van der Waals surface area contributed by atoms with Crippen LogP contribution in [0.15, 0.2) is 0 Å². The van der Waals surface area contributed by atoms with Gasteiger partial charge in [-0.3, -0.25) is 9.59 Å². The highest BCUT2D eigenvalue weighted by Crippen LogP contribution is 2.38. The Hall–Kier alpha value is -3.29. The van der Waals surface area contributed by atoms with Crippen molar-refractivity contribution >= 4 is 11.9 Å². The van der Waals surface area contributed by atoms with Crippen LogP contribution in [0.2, 0.25) is 0 Å². The molecule has 0 aliphatic rings. The molecule has 1 heterocycles. The summed E-state index contributed by atoms with van der Waals surface area (Å²) in [6, 6.07) is -4.44. The average Bonchev–Trinajstić information content (AvgIpc) is 2.64. The first kappa shape index (κ1) is 35.7. The van der Waals surface area contributed by atoms with E-state index >= 15 is 0 Å². The Bertz CT molecular complexity index is 980. The van der Waals surface area contributed by atoms with Crippen molar-refractivity contribution in [3.63, 3.8) is 0 Å². The summed E-state index contributed by atoms with van der Waals surface area (Å²) in [5.41, 5.74) is -2.92. The van der Waals surface area contributed by atoms with E-state index in [1.54, 1.807) is 0 Å². The highest BCUT2D eigenvalue weighted by Gasteiger charge is 2.61. The molecule has 9 nitrogen and oxygen atoms in total. The maximum absolute atomic E-state index is 13.0. The molecular formula is C20H21F12N3O6. The Kier molecular flexibility index (Phi) is 10.1. The standard InChI is InChI=1S/C20H21F12N3O6/c1-15(2,3)40-9(36)7(10(37)41-16(4,5)6)8-33-13(38-11(17(21,22)23)18(24,25)26)35-14(34-8)39-12(19(27,28)29)20(30,31)32/h7,11-12H,1-6H3. The molecule has 0 aromatic carbocycles. The molecule has 21 heteroatoms. The molecular weight excluding hydrogens is 606 g/mol. The minimum Gasteiger partial charge on any atom is -0.459 e. The minimum atomic E-state index is -6.28.